The van der Waals surface area contributed by atoms with Crippen molar-refractivity contribution in [1.29, 1.82) is 0 Å². The Labute approximate surface area is 177 Å². The number of nitrogens with zero attached hydrogens (tertiary/aromatic N) is 2. The van der Waals surface area contributed by atoms with Gasteiger partial charge in [-0.05, 0) is 43.4 Å². The molecule has 30 heavy (non-hydrogen) atoms. The minimum absolute atomic E-state index is 0.112. The normalized spacial score (nSPS) is 18.1. The highest BCUT2D eigenvalue weighted by Gasteiger charge is 2.28. The molecule has 9 heteroatoms. The summed E-state index contributed by atoms with van der Waals surface area (Å²) in [7, 11) is -3.44. The number of hydrogen-bond donors (Lipinski definition) is 1. The summed E-state index contributed by atoms with van der Waals surface area (Å²) in [5, 5.41) is 2.79. The highest BCUT2D eigenvalue weighted by atomic mass is 32.2. The zero-order valence-electron chi connectivity index (χ0n) is 17.1. The Morgan fingerprint density at radius 2 is 1.60 bits per heavy atom. The lowest BCUT2D eigenvalue weighted by molar-refractivity contribution is -0.138. The summed E-state index contributed by atoms with van der Waals surface area (Å²) in [6.45, 7) is 1.89. The Bertz CT molecular complexity index is 860. The monoisotopic (exact) mass is 435 g/mol. The van der Waals surface area contributed by atoms with Gasteiger partial charge in [-0.1, -0.05) is 18.6 Å². The molecular weight excluding hydrogens is 406 g/mol. The Morgan fingerprint density at radius 3 is 2.23 bits per heavy atom. The fourth-order valence-corrected chi connectivity index (χ4v) is 5.28. The van der Waals surface area contributed by atoms with Crippen LogP contribution < -0.4 is 5.32 Å². The van der Waals surface area contributed by atoms with Crippen LogP contribution in [0, 0.1) is 0 Å². The molecule has 0 unspecified atom stereocenters. The van der Waals surface area contributed by atoms with Crippen molar-refractivity contribution in [2.45, 2.75) is 56.3 Å². The zero-order chi connectivity index (χ0) is 21.6. The van der Waals surface area contributed by atoms with Gasteiger partial charge in [-0.3, -0.25) is 19.3 Å². The molecule has 2 aliphatic heterocycles. The van der Waals surface area contributed by atoms with E-state index in [2.05, 4.69) is 5.32 Å². The number of aryl methyl sites for hydroxylation is 1. The molecule has 1 aromatic carbocycles. The van der Waals surface area contributed by atoms with Crippen molar-refractivity contribution < 1.29 is 22.8 Å². The summed E-state index contributed by atoms with van der Waals surface area (Å²) in [5.74, 6) is -0.395. The predicted molar refractivity (Wildman–Crippen MR) is 111 cm³/mol. The average Bonchev–Trinajstić information content (AvgIpc) is 3.08. The minimum Gasteiger partial charge on any atom is -0.356 e. The third kappa shape index (κ3) is 5.66. The van der Waals surface area contributed by atoms with Gasteiger partial charge in [-0.2, -0.15) is 4.31 Å². The number of sulfonamides is 1. The largest absolute Gasteiger partial charge is 0.356 e. The fraction of sp³-hybridized carbons (Fsp3) is 0.571. The lowest BCUT2D eigenvalue weighted by atomic mass is 10.1. The number of benzene rings is 1. The van der Waals surface area contributed by atoms with Crippen molar-refractivity contribution in [2.75, 3.05) is 26.2 Å². The van der Waals surface area contributed by atoms with Crippen molar-refractivity contribution in [3.63, 3.8) is 0 Å². The van der Waals surface area contributed by atoms with Gasteiger partial charge in [0.1, 0.15) is 0 Å². The van der Waals surface area contributed by atoms with Crippen LogP contribution in [0.15, 0.2) is 29.2 Å². The quantitative estimate of drug-likeness (QED) is 0.467. The van der Waals surface area contributed by atoms with E-state index in [9.17, 15) is 22.8 Å². The standard InChI is InChI=1S/C21H29N3O5S/c25-19(22-13-4-16-24-20(26)11-12-21(24)27)10-7-17-5-8-18(9-6-17)30(28,29)23-14-2-1-3-15-23/h5-6,8-9H,1-4,7,10-16H2,(H,22,25). The van der Waals surface area contributed by atoms with Crippen LogP contribution in [0.3, 0.4) is 0 Å². The van der Waals surface area contributed by atoms with E-state index < -0.39 is 10.0 Å². The summed E-state index contributed by atoms with van der Waals surface area (Å²) >= 11 is 0. The summed E-state index contributed by atoms with van der Waals surface area (Å²) in [6.07, 6.45) is 4.77. The molecule has 3 rings (SSSR count). The topological polar surface area (TPSA) is 104 Å². The molecule has 0 aliphatic carbocycles. The van der Waals surface area contributed by atoms with Crippen LogP contribution in [0.4, 0.5) is 0 Å². The molecule has 2 fully saturated rings. The van der Waals surface area contributed by atoms with E-state index in [1.165, 1.54) is 4.90 Å². The highest BCUT2D eigenvalue weighted by molar-refractivity contribution is 7.89. The van der Waals surface area contributed by atoms with E-state index in [0.29, 0.717) is 50.3 Å². The molecule has 0 aromatic heterocycles. The van der Waals surface area contributed by atoms with E-state index in [4.69, 9.17) is 0 Å². The van der Waals surface area contributed by atoms with Gasteiger partial charge in [0.15, 0.2) is 0 Å². The van der Waals surface area contributed by atoms with E-state index >= 15 is 0 Å². The van der Waals surface area contributed by atoms with Crippen LogP contribution in [-0.4, -0.2) is 61.5 Å². The number of nitrogens with one attached hydrogen (secondary N) is 1. The third-order valence-corrected chi connectivity index (χ3v) is 7.47. The first-order valence-corrected chi connectivity index (χ1v) is 12.0. The molecular formula is C21H29N3O5S. The van der Waals surface area contributed by atoms with E-state index in [1.54, 1.807) is 28.6 Å². The molecule has 8 nitrogen and oxygen atoms in total. The molecule has 2 aliphatic rings. The molecule has 2 heterocycles. The number of hydrogen-bond acceptors (Lipinski definition) is 5. The minimum atomic E-state index is -3.44. The predicted octanol–water partition coefficient (Wildman–Crippen LogP) is 1.45. The second-order valence-corrected chi connectivity index (χ2v) is 9.69. The molecule has 0 spiro atoms. The second kappa shape index (κ2) is 10.2. The van der Waals surface area contributed by atoms with Gasteiger partial charge in [0.25, 0.3) is 0 Å². The maximum Gasteiger partial charge on any atom is 0.243 e. The van der Waals surface area contributed by atoms with E-state index in [-0.39, 0.29) is 30.6 Å². The van der Waals surface area contributed by atoms with Crippen molar-refractivity contribution in [2.24, 2.45) is 0 Å². The van der Waals surface area contributed by atoms with E-state index in [1.807, 2.05) is 0 Å². The molecule has 0 atom stereocenters. The van der Waals surface area contributed by atoms with Gasteiger partial charge in [0.05, 0.1) is 4.90 Å². The van der Waals surface area contributed by atoms with Crippen molar-refractivity contribution in [3.8, 4) is 0 Å². The smallest absolute Gasteiger partial charge is 0.243 e. The molecule has 164 valence electrons. The van der Waals surface area contributed by atoms with Crippen molar-refractivity contribution in [3.05, 3.63) is 29.8 Å². The molecule has 2 saturated heterocycles. The Balaban J connectivity index is 1.39. The van der Waals surface area contributed by atoms with Gasteiger partial charge in [0.2, 0.25) is 27.7 Å². The number of likely N-dealkylation sites (tertiary alicyclic amines) is 1. The van der Waals surface area contributed by atoms with Crippen LogP contribution in [0.5, 0.6) is 0 Å². The van der Waals surface area contributed by atoms with Crippen molar-refractivity contribution >= 4 is 27.7 Å². The average molecular weight is 436 g/mol. The zero-order valence-corrected chi connectivity index (χ0v) is 18.0. The Hall–Kier alpha value is -2.26. The highest BCUT2D eigenvalue weighted by Crippen LogP contribution is 2.21. The first-order valence-electron chi connectivity index (χ1n) is 10.6. The maximum absolute atomic E-state index is 12.7. The Kier molecular flexibility index (Phi) is 7.60. The molecule has 0 radical (unpaired) electrons. The Morgan fingerprint density at radius 1 is 0.967 bits per heavy atom. The number of amides is 3. The molecule has 0 saturated carbocycles. The summed E-state index contributed by atoms with van der Waals surface area (Å²) < 4.78 is 26.9. The van der Waals surface area contributed by atoms with Crippen LogP contribution in [0.1, 0.15) is 50.5 Å². The first-order chi connectivity index (χ1) is 14.4. The SMILES string of the molecule is O=C(CCc1ccc(S(=O)(=O)N2CCCCC2)cc1)NCCCN1C(=O)CCC1=O. The van der Waals surface area contributed by atoms with Gasteiger partial charge in [-0.25, -0.2) is 8.42 Å². The van der Waals surface area contributed by atoms with Crippen LogP contribution in [-0.2, 0) is 30.8 Å². The lowest BCUT2D eigenvalue weighted by Crippen LogP contribution is -2.35. The summed E-state index contributed by atoms with van der Waals surface area (Å²) in [5.41, 5.74) is 0.899. The molecule has 1 aromatic rings. The molecule has 3 amide bonds. The third-order valence-electron chi connectivity index (χ3n) is 5.55. The van der Waals surface area contributed by atoms with Crippen LogP contribution >= 0.6 is 0 Å². The maximum atomic E-state index is 12.7. The number of piperidine rings is 1. The first kappa shape index (κ1) is 22.4. The molecule has 0 bridgehead atoms. The second-order valence-electron chi connectivity index (χ2n) is 7.75. The summed E-state index contributed by atoms with van der Waals surface area (Å²) in [6, 6.07) is 6.74. The van der Waals surface area contributed by atoms with Gasteiger partial charge < -0.3 is 5.32 Å². The van der Waals surface area contributed by atoms with Gasteiger partial charge >= 0.3 is 0 Å². The number of carbonyl (C=O) groups is 3. The molecule has 1 N–H and O–H groups in total. The number of carbonyl (C=O) groups excluding carboxylic acids is 3. The number of imide groups is 1. The number of rotatable bonds is 9. The van der Waals surface area contributed by atoms with Crippen LogP contribution in [0.2, 0.25) is 0 Å². The van der Waals surface area contributed by atoms with Crippen LogP contribution in [0.25, 0.3) is 0 Å². The van der Waals surface area contributed by atoms with E-state index in [0.717, 1.165) is 24.8 Å². The summed E-state index contributed by atoms with van der Waals surface area (Å²) in [4.78, 5) is 36.6. The van der Waals surface area contributed by atoms with Gasteiger partial charge in [-0.15, -0.1) is 0 Å². The lowest BCUT2D eigenvalue weighted by Gasteiger charge is -2.25. The van der Waals surface area contributed by atoms with Crippen molar-refractivity contribution in [1.82, 2.24) is 14.5 Å². The van der Waals surface area contributed by atoms with Gasteiger partial charge in [0, 0.05) is 45.4 Å². The fourth-order valence-electron chi connectivity index (χ4n) is 3.77.